The number of hydrogen-bond acceptors (Lipinski definition) is 5. The molecule has 3 aliphatic heterocycles. The number of carbonyl (C=O) groups is 1. The van der Waals surface area contributed by atoms with Crippen LogP contribution in [0.5, 0.6) is 0 Å². The predicted molar refractivity (Wildman–Crippen MR) is 114 cm³/mol. The van der Waals surface area contributed by atoms with Crippen molar-refractivity contribution in [3.05, 3.63) is 64.3 Å². The molecule has 0 aliphatic carbocycles. The molecule has 0 N–H and O–H groups in total. The van der Waals surface area contributed by atoms with E-state index in [4.69, 9.17) is 0 Å². The molecule has 28 heavy (non-hydrogen) atoms. The smallest absolute Gasteiger partial charge is 0.254 e. The Hall–Kier alpha value is -2.57. The van der Waals surface area contributed by atoms with Crippen LogP contribution in [0.1, 0.15) is 24.9 Å². The number of amides is 1. The Kier molecular flexibility index (Phi) is 4.45. The van der Waals surface area contributed by atoms with Crippen molar-refractivity contribution in [2.24, 2.45) is 4.99 Å². The molecule has 1 aromatic heterocycles. The maximum Gasteiger partial charge on any atom is 0.254 e. The van der Waals surface area contributed by atoms with Gasteiger partial charge in [-0.3, -0.25) is 14.7 Å². The maximum absolute atomic E-state index is 12.9. The molecule has 0 radical (unpaired) electrons. The minimum absolute atomic E-state index is 0.152. The minimum Gasteiger partial charge on any atom is -0.303 e. The minimum atomic E-state index is 0.152. The van der Waals surface area contributed by atoms with Crippen molar-refractivity contribution in [2.45, 2.75) is 19.4 Å². The van der Waals surface area contributed by atoms with E-state index in [1.165, 1.54) is 15.8 Å². The van der Waals surface area contributed by atoms with Crippen LogP contribution in [-0.2, 0) is 4.79 Å². The van der Waals surface area contributed by atoms with Crippen LogP contribution >= 0.6 is 11.3 Å². The quantitative estimate of drug-likeness (QED) is 0.802. The van der Waals surface area contributed by atoms with Crippen molar-refractivity contribution in [3.8, 4) is 0 Å². The molecule has 4 heterocycles. The summed E-state index contributed by atoms with van der Waals surface area (Å²) in [5, 5.41) is 0. The fourth-order valence-corrected chi connectivity index (χ4v) is 4.86. The van der Waals surface area contributed by atoms with Crippen molar-refractivity contribution in [1.29, 1.82) is 0 Å². The van der Waals surface area contributed by atoms with Crippen LogP contribution in [0.15, 0.2) is 63.8 Å². The third-order valence-electron chi connectivity index (χ3n) is 5.86. The lowest BCUT2D eigenvalue weighted by molar-refractivity contribution is -0.123. The fraction of sp³-hybridized carbons (Fsp3) is 0.318. The van der Waals surface area contributed by atoms with E-state index in [-0.39, 0.29) is 5.91 Å². The molecule has 1 unspecified atom stereocenters. The molecule has 0 saturated heterocycles. The van der Waals surface area contributed by atoms with E-state index in [0.29, 0.717) is 19.1 Å². The molecule has 0 saturated carbocycles. The summed E-state index contributed by atoms with van der Waals surface area (Å²) >= 11 is 1.68. The van der Waals surface area contributed by atoms with Gasteiger partial charge >= 0.3 is 0 Å². The van der Waals surface area contributed by atoms with Gasteiger partial charge in [-0.15, -0.1) is 11.3 Å². The van der Waals surface area contributed by atoms with Gasteiger partial charge in [0.1, 0.15) is 0 Å². The molecule has 5 nitrogen and oxygen atoms in total. The summed E-state index contributed by atoms with van der Waals surface area (Å²) in [6.45, 7) is 5.34. The van der Waals surface area contributed by atoms with Gasteiger partial charge in [-0.1, -0.05) is 18.2 Å². The van der Waals surface area contributed by atoms with Crippen LogP contribution in [0.3, 0.4) is 0 Å². The van der Waals surface area contributed by atoms with Crippen LogP contribution in [0, 0.1) is 0 Å². The summed E-state index contributed by atoms with van der Waals surface area (Å²) < 4.78 is 1.23. The van der Waals surface area contributed by atoms with Gasteiger partial charge in [0.05, 0.1) is 28.0 Å². The lowest BCUT2D eigenvalue weighted by atomic mass is 9.98. The second-order valence-corrected chi connectivity index (χ2v) is 8.35. The summed E-state index contributed by atoms with van der Waals surface area (Å²) in [4.78, 5) is 26.1. The van der Waals surface area contributed by atoms with E-state index >= 15 is 0 Å². The van der Waals surface area contributed by atoms with E-state index < -0.39 is 0 Å². The summed E-state index contributed by atoms with van der Waals surface area (Å²) in [7, 11) is 0. The second-order valence-electron chi connectivity index (χ2n) is 7.46. The Labute approximate surface area is 168 Å². The standard InChI is InChI=1S/C22H22N4OS/c1-15(16-5-6-21-20(10-16)24-14-28-21)25-9-7-19-17(12-25)13-26(22(19)27)18-4-2-3-8-23-11-18/h2-6,10-11,14-15H,7-9,12-13H2,1H3. The molecule has 142 valence electrons. The Morgan fingerprint density at radius 3 is 3.11 bits per heavy atom. The molecular weight excluding hydrogens is 368 g/mol. The molecule has 3 aliphatic rings. The first kappa shape index (κ1) is 17.5. The topological polar surface area (TPSA) is 48.8 Å². The first-order valence-electron chi connectivity index (χ1n) is 9.67. The van der Waals surface area contributed by atoms with Crippen molar-refractivity contribution >= 4 is 33.7 Å². The molecule has 1 amide bonds. The number of fused-ring (bicyclic) bond motifs is 1. The highest BCUT2D eigenvalue weighted by molar-refractivity contribution is 7.16. The van der Waals surface area contributed by atoms with E-state index in [9.17, 15) is 4.79 Å². The third kappa shape index (κ3) is 3.02. The summed E-state index contributed by atoms with van der Waals surface area (Å²) in [6.07, 6.45) is 8.60. The highest BCUT2D eigenvalue weighted by atomic mass is 32.1. The van der Waals surface area contributed by atoms with E-state index in [2.05, 4.69) is 40.0 Å². The van der Waals surface area contributed by atoms with Crippen LogP contribution < -0.4 is 0 Å². The average molecular weight is 391 g/mol. The Morgan fingerprint density at radius 1 is 1.25 bits per heavy atom. The van der Waals surface area contributed by atoms with Gasteiger partial charge in [0.2, 0.25) is 0 Å². The lowest BCUT2D eigenvalue weighted by Gasteiger charge is -2.33. The number of aliphatic imine (C=N–C) groups is 1. The van der Waals surface area contributed by atoms with Crippen molar-refractivity contribution in [3.63, 3.8) is 0 Å². The summed E-state index contributed by atoms with van der Waals surface area (Å²) in [5.74, 6) is 0.152. The fourth-order valence-electron chi connectivity index (χ4n) is 4.20. The first-order valence-corrected chi connectivity index (χ1v) is 10.6. The molecule has 0 bridgehead atoms. The zero-order valence-corrected chi connectivity index (χ0v) is 16.7. The second kappa shape index (κ2) is 7.11. The molecule has 0 spiro atoms. The number of benzene rings is 1. The largest absolute Gasteiger partial charge is 0.303 e. The van der Waals surface area contributed by atoms with Gasteiger partial charge in [0.25, 0.3) is 5.91 Å². The van der Waals surface area contributed by atoms with Gasteiger partial charge in [-0.25, -0.2) is 4.98 Å². The Balaban J connectivity index is 1.34. The number of thiazole rings is 1. The zero-order chi connectivity index (χ0) is 19.1. The molecule has 2 aromatic rings. The van der Waals surface area contributed by atoms with Crippen LogP contribution in [0.25, 0.3) is 10.2 Å². The molecule has 0 fully saturated rings. The molecule has 1 atom stereocenters. The number of rotatable bonds is 3. The van der Waals surface area contributed by atoms with E-state index in [1.807, 2.05) is 34.9 Å². The molecule has 6 heteroatoms. The SMILES string of the molecule is CC(c1ccc2scnc2c1)N1CCC2=C(CN(C3=CC=CCN=C3)C2=O)C1. The zero-order valence-electron chi connectivity index (χ0n) is 15.8. The number of aromatic nitrogens is 1. The van der Waals surface area contributed by atoms with Crippen LogP contribution in [0.2, 0.25) is 0 Å². The predicted octanol–water partition coefficient (Wildman–Crippen LogP) is 3.73. The van der Waals surface area contributed by atoms with E-state index in [1.54, 1.807) is 11.3 Å². The Bertz CT molecular complexity index is 1060. The highest BCUT2D eigenvalue weighted by Crippen LogP contribution is 2.34. The van der Waals surface area contributed by atoms with Crippen molar-refractivity contribution < 1.29 is 4.79 Å². The summed E-state index contributed by atoms with van der Waals surface area (Å²) in [6, 6.07) is 6.87. The third-order valence-corrected chi connectivity index (χ3v) is 6.67. The lowest BCUT2D eigenvalue weighted by Crippen LogP contribution is -2.34. The Morgan fingerprint density at radius 2 is 2.18 bits per heavy atom. The number of allylic oxidation sites excluding steroid dienone is 3. The van der Waals surface area contributed by atoms with Crippen LogP contribution in [0.4, 0.5) is 0 Å². The normalized spacial score (nSPS) is 21.2. The first-order chi connectivity index (χ1) is 13.7. The summed E-state index contributed by atoms with van der Waals surface area (Å²) in [5.41, 5.74) is 7.40. The number of hydrogen-bond donors (Lipinski definition) is 0. The van der Waals surface area contributed by atoms with Gasteiger partial charge in [0, 0.05) is 37.5 Å². The van der Waals surface area contributed by atoms with Crippen molar-refractivity contribution in [1.82, 2.24) is 14.8 Å². The molecular formula is C22H22N4OS. The van der Waals surface area contributed by atoms with Gasteiger partial charge < -0.3 is 4.90 Å². The highest BCUT2D eigenvalue weighted by Gasteiger charge is 2.36. The van der Waals surface area contributed by atoms with E-state index in [0.717, 1.165) is 36.3 Å². The monoisotopic (exact) mass is 390 g/mol. The number of nitrogens with zero attached hydrogens (tertiary/aromatic N) is 4. The molecule has 5 rings (SSSR count). The maximum atomic E-state index is 12.9. The van der Waals surface area contributed by atoms with Gasteiger partial charge in [0.15, 0.2) is 0 Å². The number of carbonyl (C=O) groups excluding carboxylic acids is 1. The van der Waals surface area contributed by atoms with Gasteiger partial charge in [-0.2, -0.15) is 0 Å². The van der Waals surface area contributed by atoms with Crippen LogP contribution in [-0.4, -0.2) is 53.1 Å². The average Bonchev–Trinajstić information content (AvgIpc) is 3.21. The van der Waals surface area contributed by atoms with Crippen molar-refractivity contribution in [2.75, 3.05) is 26.2 Å². The molecule has 1 aromatic carbocycles. The van der Waals surface area contributed by atoms with Gasteiger partial charge in [-0.05, 0) is 42.7 Å².